The van der Waals surface area contributed by atoms with Crippen LogP contribution in [-0.4, -0.2) is 49.2 Å². The third-order valence-corrected chi connectivity index (χ3v) is 3.16. The van der Waals surface area contributed by atoms with Gasteiger partial charge in [-0.3, -0.25) is 9.59 Å². The first kappa shape index (κ1) is 11.6. The number of hydrogen-bond donors (Lipinski definition) is 1. The Labute approximate surface area is 98.0 Å². The highest BCUT2D eigenvalue weighted by Crippen LogP contribution is 2.24. The van der Waals surface area contributed by atoms with Gasteiger partial charge in [0, 0.05) is 12.6 Å². The number of rotatable bonds is 3. The van der Waals surface area contributed by atoms with Gasteiger partial charge >= 0.3 is 5.97 Å². The Kier molecular flexibility index (Phi) is 3.08. The topological polar surface area (TPSA) is 88.3 Å². The summed E-state index contributed by atoms with van der Waals surface area (Å²) in [5.74, 6) is -1.42. The van der Waals surface area contributed by atoms with Gasteiger partial charge in [-0.2, -0.15) is 5.10 Å². The Morgan fingerprint density at radius 3 is 2.82 bits per heavy atom. The number of carbonyl (C=O) groups is 2. The Bertz CT molecular complexity index is 417. The lowest BCUT2D eigenvalue weighted by atomic mass is 10.0. The Balaban J connectivity index is 1.99. The lowest BCUT2D eigenvalue weighted by Gasteiger charge is -2.23. The second kappa shape index (κ2) is 4.52. The number of likely N-dealkylation sites (tertiary alicyclic amines) is 1. The predicted octanol–water partition coefficient (Wildman–Crippen LogP) is -0.400. The van der Waals surface area contributed by atoms with E-state index in [9.17, 15) is 9.59 Å². The number of nitrogens with zero attached hydrogens (tertiary/aromatic N) is 4. The predicted molar refractivity (Wildman–Crippen MR) is 56.9 cm³/mol. The molecular formula is C10H14N4O3. The molecule has 0 saturated carbocycles. The van der Waals surface area contributed by atoms with Crippen LogP contribution in [0, 0.1) is 5.92 Å². The van der Waals surface area contributed by atoms with E-state index in [0.29, 0.717) is 13.0 Å². The molecule has 92 valence electrons. The molecule has 0 aliphatic carbocycles. The largest absolute Gasteiger partial charge is 0.481 e. The lowest BCUT2D eigenvalue weighted by Crippen LogP contribution is -2.39. The minimum absolute atomic E-state index is 0.108. The maximum Gasteiger partial charge on any atom is 0.308 e. The molecule has 2 atom stereocenters. The summed E-state index contributed by atoms with van der Waals surface area (Å²) < 4.78 is 1.43. The van der Waals surface area contributed by atoms with Crippen molar-refractivity contribution < 1.29 is 14.7 Å². The smallest absolute Gasteiger partial charge is 0.308 e. The fraction of sp³-hybridized carbons (Fsp3) is 0.600. The van der Waals surface area contributed by atoms with Crippen molar-refractivity contribution in [3.63, 3.8) is 0 Å². The third-order valence-electron chi connectivity index (χ3n) is 3.16. The van der Waals surface area contributed by atoms with Crippen LogP contribution in [0.4, 0.5) is 0 Å². The molecular weight excluding hydrogens is 224 g/mol. The highest BCUT2D eigenvalue weighted by atomic mass is 16.4. The van der Waals surface area contributed by atoms with Gasteiger partial charge in [-0.25, -0.2) is 9.67 Å². The zero-order valence-electron chi connectivity index (χ0n) is 9.48. The van der Waals surface area contributed by atoms with Gasteiger partial charge < -0.3 is 10.0 Å². The van der Waals surface area contributed by atoms with E-state index >= 15 is 0 Å². The average molecular weight is 238 g/mol. The van der Waals surface area contributed by atoms with Crippen LogP contribution in [0.15, 0.2) is 12.7 Å². The number of aromatic nitrogens is 3. The summed E-state index contributed by atoms with van der Waals surface area (Å²) >= 11 is 0. The SMILES string of the molecule is CC1C(C(=O)O)CCN1C(=O)Cn1cncn1. The fourth-order valence-corrected chi connectivity index (χ4v) is 2.17. The fourth-order valence-electron chi connectivity index (χ4n) is 2.17. The number of aliphatic carboxylic acids is 1. The Morgan fingerprint density at radius 2 is 2.29 bits per heavy atom. The highest BCUT2D eigenvalue weighted by Gasteiger charge is 2.37. The second-order valence-corrected chi connectivity index (χ2v) is 4.15. The quantitative estimate of drug-likeness (QED) is 0.774. The van der Waals surface area contributed by atoms with Crippen molar-refractivity contribution in [2.24, 2.45) is 5.92 Å². The maximum absolute atomic E-state index is 11.9. The van der Waals surface area contributed by atoms with Crippen LogP contribution in [0.2, 0.25) is 0 Å². The average Bonchev–Trinajstić information content (AvgIpc) is 2.86. The molecule has 1 aromatic rings. The Morgan fingerprint density at radius 1 is 1.53 bits per heavy atom. The van der Waals surface area contributed by atoms with Gasteiger partial charge in [-0.05, 0) is 13.3 Å². The van der Waals surface area contributed by atoms with Crippen LogP contribution in [0.1, 0.15) is 13.3 Å². The van der Waals surface area contributed by atoms with Gasteiger partial charge in [-0.1, -0.05) is 0 Å². The molecule has 1 aromatic heterocycles. The third kappa shape index (κ3) is 2.27. The molecule has 7 heteroatoms. The standard InChI is InChI=1S/C10H14N4O3/c1-7-8(10(16)17)2-3-14(7)9(15)4-13-6-11-5-12-13/h5-8H,2-4H2,1H3,(H,16,17). The molecule has 1 aliphatic heterocycles. The van der Waals surface area contributed by atoms with Crippen molar-refractivity contribution >= 4 is 11.9 Å². The summed E-state index contributed by atoms with van der Waals surface area (Å²) in [6.45, 7) is 2.37. The van der Waals surface area contributed by atoms with Crippen LogP contribution in [-0.2, 0) is 16.1 Å². The number of carboxylic acid groups (broad SMARTS) is 1. The van der Waals surface area contributed by atoms with Crippen LogP contribution in [0.5, 0.6) is 0 Å². The first-order chi connectivity index (χ1) is 8.09. The van der Waals surface area contributed by atoms with Gasteiger partial charge in [0.05, 0.1) is 5.92 Å². The zero-order chi connectivity index (χ0) is 12.4. The second-order valence-electron chi connectivity index (χ2n) is 4.15. The van der Waals surface area contributed by atoms with Gasteiger partial charge in [0.15, 0.2) is 0 Å². The molecule has 0 bridgehead atoms. The molecule has 0 radical (unpaired) electrons. The molecule has 1 amide bonds. The molecule has 7 nitrogen and oxygen atoms in total. The van der Waals surface area contributed by atoms with E-state index < -0.39 is 11.9 Å². The minimum atomic E-state index is -0.839. The molecule has 17 heavy (non-hydrogen) atoms. The van der Waals surface area contributed by atoms with Crippen LogP contribution < -0.4 is 0 Å². The summed E-state index contributed by atoms with van der Waals surface area (Å²) in [5, 5.41) is 12.8. The molecule has 2 rings (SSSR count). The van der Waals surface area contributed by atoms with Crippen LogP contribution >= 0.6 is 0 Å². The molecule has 1 fully saturated rings. The van der Waals surface area contributed by atoms with Crippen molar-refractivity contribution in [2.75, 3.05) is 6.54 Å². The zero-order valence-corrected chi connectivity index (χ0v) is 9.48. The summed E-state index contributed by atoms with van der Waals surface area (Å²) in [5.41, 5.74) is 0. The van der Waals surface area contributed by atoms with Gasteiger partial charge in [0.2, 0.25) is 5.91 Å². The van der Waals surface area contributed by atoms with E-state index in [1.807, 2.05) is 0 Å². The van der Waals surface area contributed by atoms with Crippen molar-refractivity contribution in [1.82, 2.24) is 19.7 Å². The maximum atomic E-state index is 11.9. The van der Waals surface area contributed by atoms with Crippen molar-refractivity contribution in [2.45, 2.75) is 25.9 Å². The number of amides is 1. The summed E-state index contributed by atoms with van der Waals surface area (Å²) in [6, 6.07) is -0.261. The van der Waals surface area contributed by atoms with E-state index in [2.05, 4.69) is 10.1 Å². The summed E-state index contributed by atoms with van der Waals surface area (Å²) in [7, 11) is 0. The molecule has 1 N–H and O–H groups in total. The van der Waals surface area contributed by atoms with E-state index in [0.717, 1.165) is 0 Å². The summed E-state index contributed by atoms with van der Waals surface area (Å²) in [6.07, 6.45) is 3.34. The molecule has 2 heterocycles. The van der Waals surface area contributed by atoms with Crippen LogP contribution in [0.3, 0.4) is 0 Å². The van der Waals surface area contributed by atoms with Crippen molar-refractivity contribution in [1.29, 1.82) is 0 Å². The number of carbonyl (C=O) groups excluding carboxylic acids is 1. The van der Waals surface area contributed by atoms with E-state index in [1.54, 1.807) is 11.8 Å². The molecule has 1 aliphatic rings. The Hall–Kier alpha value is -1.92. The lowest BCUT2D eigenvalue weighted by molar-refractivity contribution is -0.143. The van der Waals surface area contributed by atoms with E-state index in [1.165, 1.54) is 17.3 Å². The highest BCUT2D eigenvalue weighted by molar-refractivity contribution is 5.79. The molecule has 1 saturated heterocycles. The van der Waals surface area contributed by atoms with Gasteiger partial charge in [0.1, 0.15) is 19.2 Å². The first-order valence-electron chi connectivity index (χ1n) is 5.44. The molecule has 0 spiro atoms. The summed E-state index contributed by atoms with van der Waals surface area (Å²) in [4.78, 5) is 28.2. The molecule has 0 aromatic carbocycles. The van der Waals surface area contributed by atoms with Crippen molar-refractivity contribution in [3.05, 3.63) is 12.7 Å². The van der Waals surface area contributed by atoms with Gasteiger partial charge in [0.25, 0.3) is 0 Å². The normalized spacial score (nSPS) is 23.9. The van der Waals surface area contributed by atoms with Gasteiger partial charge in [-0.15, -0.1) is 0 Å². The minimum Gasteiger partial charge on any atom is -0.481 e. The van der Waals surface area contributed by atoms with Crippen LogP contribution in [0.25, 0.3) is 0 Å². The van der Waals surface area contributed by atoms with E-state index in [-0.39, 0.29) is 18.5 Å². The molecule has 2 unspecified atom stereocenters. The van der Waals surface area contributed by atoms with E-state index in [4.69, 9.17) is 5.11 Å². The number of carboxylic acids is 1. The number of hydrogen-bond acceptors (Lipinski definition) is 4. The monoisotopic (exact) mass is 238 g/mol. The first-order valence-corrected chi connectivity index (χ1v) is 5.44. The van der Waals surface area contributed by atoms with Crippen molar-refractivity contribution in [3.8, 4) is 0 Å².